The maximum atomic E-state index is 15.7. The molecule has 6 rings (SSSR count). The summed E-state index contributed by atoms with van der Waals surface area (Å²) in [6.07, 6.45) is 0.950. The summed E-state index contributed by atoms with van der Waals surface area (Å²) in [7, 11) is 1.45. The predicted octanol–water partition coefficient (Wildman–Crippen LogP) is 6.22. The number of methoxy groups -OCH3 is 1. The summed E-state index contributed by atoms with van der Waals surface area (Å²) in [5.74, 6) is -0.987. The Labute approximate surface area is 257 Å². The van der Waals surface area contributed by atoms with Crippen LogP contribution in [-0.2, 0) is 24.3 Å². The Balaban J connectivity index is 1.29. The summed E-state index contributed by atoms with van der Waals surface area (Å²) in [5.41, 5.74) is 3.85. The van der Waals surface area contributed by atoms with Gasteiger partial charge >= 0.3 is 5.97 Å². The molecule has 1 aliphatic rings. The van der Waals surface area contributed by atoms with Crippen LogP contribution in [0.3, 0.4) is 0 Å². The molecule has 3 aromatic carbocycles. The van der Waals surface area contributed by atoms with Crippen LogP contribution >= 0.6 is 0 Å². The highest BCUT2D eigenvalue weighted by atomic mass is 19.1. The Morgan fingerprint density at radius 2 is 1.91 bits per heavy atom. The second-order valence-electron chi connectivity index (χ2n) is 10.8. The van der Waals surface area contributed by atoms with Crippen LogP contribution in [0.4, 0.5) is 8.78 Å². The second kappa shape index (κ2) is 12.3. The number of hydrogen-bond donors (Lipinski definition) is 1. The van der Waals surface area contributed by atoms with Gasteiger partial charge in [-0.05, 0) is 60.9 Å². The number of nitriles is 1. The number of ether oxygens (including phenoxy) is 3. The Hall–Kier alpha value is -5.34. The Morgan fingerprint density at radius 1 is 1.11 bits per heavy atom. The standard InChI is InChI=1S/C34H28F2N4O5/c1-19-10-22(14-31-39-33-29(40(31)17-24-8-9-44-24)12-23(34(41)42)13-30(33)43-2)27(36)15-25(19)28-4-3-5-32(38-28)45-18-21-7-6-20(16-37)11-26(21)35/h3-7,10-13,15,24H,8-9,14,17-18H2,1-2H3,(H,41,42)/t24-/m0/s1. The van der Waals surface area contributed by atoms with Crippen LogP contribution in [0.5, 0.6) is 11.6 Å². The molecule has 11 heteroatoms. The van der Waals surface area contributed by atoms with E-state index in [1.807, 2.05) is 17.6 Å². The van der Waals surface area contributed by atoms with Gasteiger partial charge < -0.3 is 23.9 Å². The normalized spacial score (nSPS) is 14.2. The van der Waals surface area contributed by atoms with Crippen molar-refractivity contribution < 1.29 is 32.9 Å². The van der Waals surface area contributed by atoms with Crippen LogP contribution in [-0.4, -0.2) is 45.4 Å². The molecule has 2 aromatic heterocycles. The molecular weight excluding hydrogens is 582 g/mol. The second-order valence-corrected chi connectivity index (χ2v) is 10.8. The molecule has 0 aliphatic carbocycles. The Morgan fingerprint density at radius 3 is 2.60 bits per heavy atom. The van der Waals surface area contributed by atoms with Crippen molar-refractivity contribution in [1.29, 1.82) is 5.26 Å². The van der Waals surface area contributed by atoms with Crippen LogP contribution < -0.4 is 9.47 Å². The number of benzene rings is 3. The zero-order valence-electron chi connectivity index (χ0n) is 24.5. The van der Waals surface area contributed by atoms with E-state index in [9.17, 15) is 14.3 Å². The molecule has 3 heterocycles. The summed E-state index contributed by atoms with van der Waals surface area (Å²) in [5, 5.41) is 18.6. The molecule has 1 aliphatic heterocycles. The number of halogens is 2. The molecule has 0 bridgehead atoms. The third-order valence-electron chi connectivity index (χ3n) is 7.84. The van der Waals surface area contributed by atoms with Gasteiger partial charge in [0.05, 0.1) is 48.2 Å². The molecule has 1 atom stereocenters. The van der Waals surface area contributed by atoms with E-state index in [0.717, 1.165) is 18.1 Å². The molecule has 45 heavy (non-hydrogen) atoms. The number of pyridine rings is 1. The highest BCUT2D eigenvalue weighted by Crippen LogP contribution is 2.32. The van der Waals surface area contributed by atoms with Gasteiger partial charge in [-0.2, -0.15) is 5.26 Å². The Bertz CT molecular complexity index is 1980. The quantitative estimate of drug-likeness (QED) is 0.198. The highest BCUT2D eigenvalue weighted by Gasteiger charge is 2.25. The summed E-state index contributed by atoms with van der Waals surface area (Å²) < 4.78 is 48.7. The average Bonchev–Trinajstić information content (AvgIpc) is 3.36. The monoisotopic (exact) mass is 610 g/mol. The summed E-state index contributed by atoms with van der Waals surface area (Å²) >= 11 is 0. The minimum atomic E-state index is -1.09. The fraction of sp³-hybridized carbons (Fsp3) is 0.235. The van der Waals surface area contributed by atoms with Crippen LogP contribution in [0.15, 0.2) is 60.7 Å². The average molecular weight is 611 g/mol. The van der Waals surface area contributed by atoms with E-state index in [-0.39, 0.29) is 41.7 Å². The molecule has 9 nitrogen and oxygen atoms in total. The smallest absolute Gasteiger partial charge is 0.335 e. The summed E-state index contributed by atoms with van der Waals surface area (Å²) in [6, 6.07) is 17.3. The van der Waals surface area contributed by atoms with Crippen LogP contribution in [0.2, 0.25) is 0 Å². The van der Waals surface area contributed by atoms with E-state index in [2.05, 4.69) is 4.98 Å². The van der Waals surface area contributed by atoms with E-state index in [0.29, 0.717) is 52.6 Å². The van der Waals surface area contributed by atoms with Gasteiger partial charge in [0, 0.05) is 30.2 Å². The van der Waals surface area contributed by atoms with Crippen molar-refractivity contribution in [2.75, 3.05) is 13.7 Å². The van der Waals surface area contributed by atoms with Crippen molar-refractivity contribution in [2.24, 2.45) is 0 Å². The molecule has 0 unspecified atom stereocenters. The SMILES string of the molecule is COc1cc(C(=O)O)cc2c1nc(Cc1cc(C)c(-c3cccc(OCc4ccc(C#N)cc4F)n3)cc1F)n2C[C@@H]1CCO1. The van der Waals surface area contributed by atoms with Crippen molar-refractivity contribution in [3.05, 3.63) is 106 Å². The van der Waals surface area contributed by atoms with Crippen molar-refractivity contribution in [2.45, 2.75) is 39.0 Å². The number of rotatable bonds is 10. The maximum absolute atomic E-state index is 15.7. The van der Waals surface area contributed by atoms with Gasteiger partial charge in [-0.15, -0.1) is 0 Å². The van der Waals surface area contributed by atoms with Crippen molar-refractivity contribution >= 4 is 17.0 Å². The van der Waals surface area contributed by atoms with Crippen molar-refractivity contribution in [3.8, 4) is 29.0 Å². The number of aryl methyl sites for hydroxylation is 1. The van der Waals surface area contributed by atoms with Crippen LogP contribution in [0, 0.1) is 29.9 Å². The van der Waals surface area contributed by atoms with E-state index in [4.69, 9.17) is 24.5 Å². The number of carboxylic acids is 1. The number of hydrogen-bond acceptors (Lipinski definition) is 7. The zero-order chi connectivity index (χ0) is 31.7. The number of aromatic carboxylic acids is 1. The van der Waals surface area contributed by atoms with Crippen molar-refractivity contribution in [3.63, 3.8) is 0 Å². The number of aromatic nitrogens is 3. The fourth-order valence-electron chi connectivity index (χ4n) is 5.34. The van der Waals surface area contributed by atoms with Crippen molar-refractivity contribution in [1.82, 2.24) is 14.5 Å². The first kappa shape index (κ1) is 29.7. The van der Waals surface area contributed by atoms with Crippen LogP contribution in [0.1, 0.15) is 44.9 Å². The Kier molecular flexibility index (Phi) is 8.15. The molecular formula is C34H28F2N4O5. The molecule has 1 saturated heterocycles. The van der Waals surface area contributed by atoms with E-state index < -0.39 is 17.6 Å². The maximum Gasteiger partial charge on any atom is 0.335 e. The first-order valence-corrected chi connectivity index (χ1v) is 14.2. The third kappa shape index (κ3) is 6.05. The summed E-state index contributed by atoms with van der Waals surface area (Å²) in [4.78, 5) is 21.1. The van der Waals surface area contributed by atoms with E-state index >= 15 is 4.39 Å². The molecule has 228 valence electrons. The lowest BCUT2D eigenvalue weighted by molar-refractivity contribution is -0.0589. The summed E-state index contributed by atoms with van der Waals surface area (Å²) in [6.45, 7) is 2.86. The van der Waals surface area contributed by atoms with Gasteiger partial charge in [0.15, 0.2) is 0 Å². The lowest BCUT2D eigenvalue weighted by atomic mass is 9.99. The molecule has 0 radical (unpaired) electrons. The van der Waals surface area contributed by atoms with Gasteiger partial charge in [0.25, 0.3) is 0 Å². The van der Waals surface area contributed by atoms with Crippen LogP contribution in [0.25, 0.3) is 22.3 Å². The molecule has 0 spiro atoms. The number of carbonyl (C=O) groups is 1. The lowest BCUT2D eigenvalue weighted by Gasteiger charge is -2.27. The molecule has 0 amide bonds. The van der Waals surface area contributed by atoms with Gasteiger partial charge in [-0.3, -0.25) is 0 Å². The third-order valence-corrected chi connectivity index (χ3v) is 7.84. The van der Waals surface area contributed by atoms with Gasteiger partial charge in [-0.1, -0.05) is 18.2 Å². The fourth-order valence-corrected chi connectivity index (χ4v) is 5.34. The molecule has 0 saturated carbocycles. The van der Waals surface area contributed by atoms with Gasteiger partial charge in [0.2, 0.25) is 5.88 Å². The molecule has 5 aromatic rings. The minimum Gasteiger partial charge on any atom is -0.494 e. The number of carboxylic acid groups (broad SMARTS) is 1. The topological polar surface area (TPSA) is 119 Å². The zero-order valence-corrected chi connectivity index (χ0v) is 24.5. The first-order chi connectivity index (χ1) is 21.7. The van der Waals surface area contributed by atoms with E-state index in [1.165, 1.54) is 31.4 Å². The first-order valence-electron chi connectivity index (χ1n) is 14.2. The number of imidazole rings is 1. The largest absolute Gasteiger partial charge is 0.494 e. The lowest BCUT2D eigenvalue weighted by Crippen LogP contribution is -2.31. The number of nitrogens with zero attached hydrogens (tertiary/aromatic N) is 4. The van der Waals surface area contributed by atoms with E-state index in [1.54, 1.807) is 30.3 Å². The van der Waals surface area contributed by atoms with Gasteiger partial charge in [0.1, 0.15) is 35.3 Å². The molecule has 1 fully saturated rings. The number of fused-ring (bicyclic) bond motifs is 1. The van der Waals surface area contributed by atoms with Gasteiger partial charge in [-0.25, -0.2) is 23.5 Å². The molecule has 1 N–H and O–H groups in total. The predicted molar refractivity (Wildman–Crippen MR) is 160 cm³/mol. The minimum absolute atomic E-state index is 0.0523. The highest BCUT2D eigenvalue weighted by molar-refractivity contribution is 5.95.